The van der Waals surface area contributed by atoms with Crippen molar-refractivity contribution >= 4 is 11.0 Å². The quantitative estimate of drug-likeness (QED) is 0.571. The summed E-state index contributed by atoms with van der Waals surface area (Å²) < 4.78 is 10.1. The van der Waals surface area contributed by atoms with Gasteiger partial charge in [-0.3, -0.25) is 13.8 Å². The Morgan fingerprint density at radius 3 is 2.84 bits per heavy atom. The van der Waals surface area contributed by atoms with Gasteiger partial charge < -0.3 is 9.63 Å². The molecule has 0 atom stereocenters. The molecule has 0 unspecified atom stereocenters. The number of para-hydroxylation sites is 2. The number of imidazole rings is 1. The first-order valence-corrected chi connectivity index (χ1v) is 7.78. The first kappa shape index (κ1) is 15.3. The Hall–Kier alpha value is -3.20. The number of aliphatic hydroxyl groups excluding tert-OH is 1. The SMILES string of the molecule is Cn1c(=O)n(Cc2nc(-c3cnn(CCO)c3)no2)c2ccccc21. The summed E-state index contributed by atoms with van der Waals surface area (Å²) in [6, 6.07) is 7.54. The standard InChI is InChI=1S/C16H16N6O3/c1-20-12-4-2-3-5-13(12)22(16(20)24)10-14-18-15(19-25-14)11-8-17-21(9-11)6-7-23/h2-5,8-9,23H,6-7,10H2,1H3. The van der Waals surface area contributed by atoms with E-state index in [1.54, 1.807) is 33.3 Å². The van der Waals surface area contributed by atoms with Gasteiger partial charge in [0.2, 0.25) is 11.7 Å². The molecule has 0 saturated heterocycles. The number of aromatic nitrogens is 6. The van der Waals surface area contributed by atoms with Crippen LogP contribution in [-0.2, 0) is 20.1 Å². The Labute approximate surface area is 141 Å². The minimum Gasteiger partial charge on any atom is -0.394 e. The number of benzene rings is 1. The zero-order valence-corrected chi connectivity index (χ0v) is 13.5. The van der Waals surface area contributed by atoms with E-state index >= 15 is 0 Å². The van der Waals surface area contributed by atoms with Crippen LogP contribution in [0.25, 0.3) is 22.4 Å². The number of hydrogen-bond donors (Lipinski definition) is 1. The van der Waals surface area contributed by atoms with Gasteiger partial charge in [0.25, 0.3) is 0 Å². The van der Waals surface area contributed by atoms with Crippen LogP contribution in [0.4, 0.5) is 0 Å². The molecule has 3 heterocycles. The summed E-state index contributed by atoms with van der Waals surface area (Å²) in [6.45, 7) is 0.594. The lowest BCUT2D eigenvalue weighted by Crippen LogP contribution is -2.22. The van der Waals surface area contributed by atoms with E-state index < -0.39 is 0 Å². The van der Waals surface area contributed by atoms with Crippen LogP contribution in [0, 0.1) is 0 Å². The Morgan fingerprint density at radius 1 is 1.24 bits per heavy atom. The van der Waals surface area contributed by atoms with Gasteiger partial charge >= 0.3 is 5.69 Å². The molecule has 0 aliphatic rings. The Bertz CT molecular complexity index is 1090. The first-order valence-electron chi connectivity index (χ1n) is 7.78. The maximum absolute atomic E-state index is 12.4. The van der Waals surface area contributed by atoms with Crippen molar-refractivity contribution < 1.29 is 9.63 Å². The zero-order chi connectivity index (χ0) is 17.4. The summed E-state index contributed by atoms with van der Waals surface area (Å²) in [5, 5.41) is 17.0. The van der Waals surface area contributed by atoms with Crippen molar-refractivity contribution in [2.24, 2.45) is 7.05 Å². The average Bonchev–Trinajstić information content (AvgIpc) is 3.32. The van der Waals surface area contributed by atoms with Crippen LogP contribution in [0.5, 0.6) is 0 Å². The van der Waals surface area contributed by atoms with Gasteiger partial charge in [-0.25, -0.2) is 4.79 Å². The molecule has 0 aliphatic carbocycles. The lowest BCUT2D eigenvalue weighted by Gasteiger charge is -1.97. The molecule has 0 bridgehead atoms. The molecular formula is C16H16N6O3. The van der Waals surface area contributed by atoms with Crippen molar-refractivity contribution in [3.63, 3.8) is 0 Å². The van der Waals surface area contributed by atoms with Gasteiger partial charge in [0, 0.05) is 13.2 Å². The molecule has 1 N–H and O–H groups in total. The van der Waals surface area contributed by atoms with Gasteiger partial charge in [-0.2, -0.15) is 10.1 Å². The van der Waals surface area contributed by atoms with E-state index in [-0.39, 0.29) is 18.8 Å². The van der Waals surface area contributed by atoms with E-state index in [0.29, 0.717) is 23.8 Å². The van der Waals surface area contributed by atoms with Crippen LogP contribution in [0.1, 0.15) is 5.89 Å². The summed E-state index contributed by atoms with van der Waals surface area (Å²) in [4.78, 5) is 16.8. The normalized spacial score (nSPS) is 11.4. The molecule has 1 aromatic carbocycles. The largest absolute Gasteiger partial charge is 0.394 e. The van der Waals surface area contributed by atoms with Gasteiger partial charge in [-0.1, -0.05) is 17.3 Å². The second-order valence-electron chi connectivity index (χ2n) is 5.64. The van der Waals surface area contributed by atoms with Crippen LogP contribution in [0.2, 0.25) is 0 Å². The van der Waals surface area contributed by atoms with Gasteiger partial charge in [-0.05, 0) is 12.1 Å². The predicted molar refractivity (Wildman–Crippen MR) is 88.9 cm³/mol. The molecular weight excluding hydrogens is 324 g/mol. The third kappa shape index (κ3) is 2.64. The molecule has 0 spiro atoms. The summed E-state index contributed by atoms with van der Waals surface area (Å²) in [7, 11) is 1.73. The van der Waals surface area contributed by atoms with E-state index in [2.05, 4.69) is 15.2 Å². The highest BCUT2D eigenvalue weighted by Gasteiger charge is 2.15. The van der Waals surface area contributed by atoms with E-state index in [1.807, 2.05) is 24.3 Å². The summed E-state index contributed by atoms with van der Waals surface area (Å²) in [5.41, 5.74) is 2.20. The minimum atomic E-state index is -0.142. The second kappa shape index (κ2) is 6.02. The fourth-order valence-electron chi connectivity index (χ4n) is 2.79. The predicted octanol–water partition coefficient (Wildman–Crippen LogP) is 0.627. The van der Waals surface area contributed by atoms with Crippen molar-refractivity contribution in [2.45, 2.75) is 13.1 Å². The van der Waals surface area contributed by atoms with Crippen molar-refractivity contribution in [2.75, 3.05) is 6.61 Å². The summed E-state index contributed by atoms with van der Waals surface area (Å²) >= 11 is 0. The molecule has 0 saturated carbocycles. The molecule has 0 aliphatic heterocycles. The van der Waals surface area contributed by atoms with Gasteiger partial charge in [-0.15, -0.1) is 0 Å². The molecule has 9 heteroatoms. The number of fused-ring (bicyclic) bond motifs is 1. The maximum atomic E-state index is 12.4. The Balaban J connectivity index is 1.65. The molecule has 9 nitrogen and oxygen atoms in total. The van der Waals surface area contributed by atoms with Crippen LogP contribution in [0.3, 0.4) is 0 Å². The second-order valence-corrected chi connectivity index (χ2v) is 5.64. The topological polar surface area (TPSA) is 104 Å². The lowest BCUT2D eigenvalue weighted by atomic mass is 10.3. The molecule has 4 rings (SSSR count). The maximum Gasteiger partial charge on any atom is 0.329 e. The number of hydrogen-bond acceptors (Lipinski definition) is 6. The fourth-order valence-corrected chi connectivity index (χ4v) is 2.79. The van der Waals surface area contributed by atoms with E-state index in [0.717, 1.165) is 11.0 Å². The third-order valence-electron chi connectivity index (χ3n) is 4.03. The lowest BCUT2D eigenvalue weighted by molar-refractivity contribution is 0.269. The smallest absolute Gasteiger partial charge is 0.329 e. The molecule has 25 heavy (non-hydrogen) atoms. The minimum absolute atomic E-state index is 0.00259. The zero-order valence-electron chi connectivity index (χ0n) is 13.5. The van der Waals surface area contributed by atoms with Gasteiger partial charge in [0.1, 0.15) is 6.54 Å². The number of aliphatic hydroxyl groups is 1. The average molecular weight is 340 g/mol. The van der Waals surface area contributed by atoms with Crippen molar-refractivity contribution in [3.05, 3.63) is 53.0 Å². The van der Waals surface area contributed by atoms with Crippen molar-refractivity contribution in [1.82, 2.24) is 29.1 Å². The monoisotopic (exact) mass is 340 g/mol. The van der Waals surface area contributed by atoms with Crippen LogP contribution in [0.15, 0.2) is 46.0 Å². The first-order chi connectivity index (χ1) is 12.2. The van der Waals surface area contributed by atoms with Crippen LogP contribution in [-0.4, -0.2) is 40.8 Å². The van der Waals surface area contributed by atoms with E-state index in [9.17, 15) is 4.79 Å². The Kier molecular flexibility index (Phi) is 3.69. The van der Waals surface area contributed by atoms with Crippen LogP contribution >= 0.6 is 0 Å². The van der Waals surface area contributed by atoms with Gasteiger partial charge in [0.15, 0.2) is 0 Å². The highest BCUT2D eigenvalue weighted by molar-refractivity contribution is 5.75. The molecule has 0 amide bonds. The van der Waals surface area contributed by atoms with Crippen molar-refractivity contribution in [3.8, 4) is 11.4 Å². The highest BCUT2D eigenvalue weighted by atomic mass is 16.5. The number of rotatable bonds is 5. The Morgan fingerprint density at radius 2 is 2.04 bits per heavy atom. The summed E-state index contributed by atoms with van der Waals surface area (Å²) in [6.07, 6.45) is 3.34. The number of nitrogens with zero attached hydrogens (tertiary/aromatic N) is 6. The molecule has 3 aromatic heterocycles. The highest BCUT2D eigenvalue weighted by Crippen LogP contribution is 2.17. The van der Waals surface area contributed by atoms with Gasteiger partial charge in [0.05, 0.1) is 35.9 Å². The molecule has 4 aromatic rings. The summed E-state index contributed by atoms with van der Waals surface area (Å²) in [5.74, 6) is 0.732. The van der Waals surface area contributed by atoms with Crippen molar-refractivity contribution in [1.29, 1.82) is 0 Å². The third-order valence-corrected chi connectivity index (χ3v) is 4.03. The van der Waals surface area contributed by atoms with Crippen LogP contribution < -0.4 is 5.69 Å². The molecule has 128 valence electrons. The van der Waals surface area contributed by atoms with E-state index in [1.165, 1.54) is 0 Å². The van der Waals surface area contributed by atoms with E-state index in [4.69, 9.17) is 9.63 Å². The number of aryl methyl sites for hydroxylation is 1. The molecule has 0 radical (unpaired) electrons. The fraction of sp³-hybridized carbons (Fsp3) is 0.250. The molecule has 0 fully saturated rings.